The van der Waals surface area contributed by atoms with Gasteiger partial charge in [0.25, 0.3) is 0 Å². The highest BCUT2D eigenvalue weighted by atomic mass is 15.3. The summed E-state index contributed by atoms with van der Waals surface area (Å²) in [7, 11) is 1.86. The number of nitrogens with zero attached hydrogens (tertiary/aromatic N) is 5. The van der Waals surface area contributed by atoms with E-state index in [1.807, 2.05) is 7.05 Å². The molecule has 6 nitrogen and oxygen atoms in total. The SMILES string of the molecule is CN=C(NCc1nnc2n1CCCCC2)N1CCC(=Cc2ccccc2)CC1. The van der Waals surface area contributed by atoms with Crippen LogP contribution < -0.4 is 5.32 Å². The van der Waals surface area contributed by atoms with Gasteiger partial charge in [-0.05, 0) is 31.2 Å². The standard InChI is InChI=1S/C22H30N6/c1-23-22(24-17-21-26-25-20-10-6-3-7-13-28(20)21)27-14-11-19(12-15-27)16-18-8-4-2-5-9-18/h2,4-5,8-9,16H,3,6-7,10-15,17H2,1H3,(H,23,24). The van der Waals surface area contributed by atoms with Gasteiger partial charge in [0.1, 0.15) is 5.82 Å². The molecule has 1 saturated heterocycles. The van der Waals surface area contributed by atoms with Crippen LogP contribution in [0.2, 0.25) is 0 Å². The van der Waals surface area contributed by atoms with Crippen LogP contribution in [-0.4, -0.2) is 45.8 Å². The van der Waals surface area contributed by atoms with Gasteiger partial charge in [0.05, 0.1) is 6.54 Å². The molecule has 0 spiro atoms. The maximum atomic E-state index is 4.51. The van der Waals surface area contributed by atoms with Crippen molar-refractivity contribution in [2.75, 3.05) is 20.1 Å². The first kappa shape index (κ1) is 18.7. The van der Waals surface area contributed by atoms with Crippen LogP contribution in [0.1, 0.15) is 49.3 Å². The average molecular weight is 379 g/mol. The van der Waals surface area contributed by atoms with Crippen molar-refractivity contribution >= 4 is 12.0 Å². The van der Waals surface area contributed by atoms with Gasteiger partial charge < -0.3 is 14.8 Å². The number of nitrogens with one attached hydrogen (secondary N) is 1. The van der Waals surface area contributed by atoms with Crippen LogP contribution in [0.4, 0.5) is 0 Å². The summed E-state index contributed by atoms with van der Waals surface area (Å²) >= 11 is 0. The zero-order chi connectivity index (χ0) is 19.2. The van der Waals surface area contributed by atoms with Crippen LogP contribution in [-0.2, 0) is 19.5 Å². The number of benzene rings is 1. The number of hydrogen-bond acceptors (Lipinski definition) is 3. The molecule has 1 aromatic carbocycles. The summed E-state index contributed by atoms with van der Waals surface area (Å²) < 4.78 is 2.30. The largest absolute Gasteiger partial charge is 0.349 e. The Morgan fingerprint density at radius 3 is 2.64 bits per heavy atom. The minimum Gasteiger partial charge on any atom is -0.349 e. The summed E-state index contributed by atoms with van der Waals surface area (Å²) in [6, 6.07) is 10.6. The molecule has 1 aromatic heterocycles. The fourth-order valence-corrected chi connectivity index (χ4v) is 4.10. The third kappa shape index (κ3) is 4.43. The van der Waals surface area contributed by atoms with Gasteiger partial charge in [-0.25, -0.2) is 0 Å². The van der Waals surface area contributed by atoms with Crippen LogP contribution in [0.25, 0.3) is 6.08 Å². The van der Waals surface area contributed by atoms with E-state index in [1.54, 1.807) is 0 Å². The third-order valence-electron chi connectivity index (χ3n) is 5.68. The second-order valence-electron chi connectivity index (χ2n) is 7.60. The van der Waals surface area contributed by atoms with E-state index in [0.717, 1.165) is 56.5 Å². The summed E-state index contributed by atoms with van der Waals surface area (Å²) in [5.41, 5.74) is 2.81. The summed E-state index contributed by atoms with van der Waals surface area (Å²) in [6.45, 7) is 3.71. The van der Waals surface area contributed by atoms with Crippen LogP contribution in [0, 0.1) is 0 Å². The maximum absolute atomic E-state index is 4.51. The zero-order valence-electron chi connectivity index (χ0n) is 16.8. The highest BCUT2D eigenvalue weighted by molar-refractivity contribution is 5.80. The minimum atomic E-state index is 0.683. The molecular formula is C22H30N6. The van der Waals surface area contributed by atoms with Crippen molar-refractivity contribution < 1.29 is 0 Å². The molecule has 0 bridgehead atoms. The lowest BCUT2D eigenvalue weighted by atomic mass is 10.0. The molecule has 148 valence electrons. The van der Waals surface area contributed by atoms with E-state index in [0.29, 0.717) is 6.54 Å². The Hall–Kier alpha value is -2.63. The van der Waals surface area contributed by atoms with Crippen LogP contribution in [0.3, 0.4) is 0 Å². The van der Waals surface area contributed by atoms with E-state index in [4.69, 9.17) is 0 Å². The topological polar surface area (TPSA) is 58.3 Å². The molecule has 6 heteroatoms. The molecule has 3 heterocycles. The molecule has 0 amide bonds. The van der Waals surface area contributed by atoms with Gasteiger partial charge in [0.2, 0.25) is 0 Å². The van der Waals surface area contributed by atoms with E-state index >= 15 is 0 Å². The summed E-state index contributed by atoms with van der Waals surface area (Å²) in [6.07, 6.45) is 9.26. The Labute approximate surface area is 167 Å². The lowest BCUT2D eigenvalue weighted by Crippen LogP contribution is -2.44. The molecule has 0 atom stereocenters. The van der Waals surface area contributed by atoms with E-state index in [2.05, 4.69) is 66.4 Å². The number of aliphatic imine (C=N–C) groups is 1. The maximum Gasteiger partial charge on any atom is 0.194 e. The van der Waals surface area contributed by atoms with Crippen molar-refractivity contribution in [1.82, 2.24) is 25.0 Å². The number of hydrogen-bond donors (Lipinski definition) is 1. The molecular weight excluding hydrogens is 348 g/mol. The molecule has 1 fully saturated rings. The second-order valence-corrected chi connectivity index (χ2v) is 7.60. The van der Waals surface area contributed by atoms with Crippen LogP contribution in [0.5, 0.6) is 0 Å². The molecule has 28 heavy (non-hydrogen) atoms. The monoisotopic (exact) mass is 378 g/mol. The Bertz CT molecular complexity index is 826. The van der Waals surface area contributed by atoms with Crippen molar-refractivity contribution in [2.45, 2.75) is 51.6 Å². The normalized spacial score (nSPS) is 17.8. The summed E-state index contributed by atoms with van der Waals surface area (Å²) in [4.78, 5) is 6.85. The number of aromatic nitrogens is 3. The first-order chi connectivity index (χ1) is 13.8. The molecule has 0 unspecified atom stereocenters. The number of aryl methyl sites for hydroxylation is 1. The number of likely N-dealkylation sites (tertiary alicyclic amines) is 1. The molecule has 2 aliphatic rings. The number of fused-ring (bicyclic) bond motifs is 1. The minimum absolute atomic E-state index is 0.683. The Kier molecular flexibility index (Phi) is 6.04. The van der Waals surface area contributed by atoms with Crippen molar-refractivity contribution in [1.29, 1.82) is 0 Å². The first-order valence-electron chi connectivity index (χ1n) is 10.4. The van der Waals surface area contributed by atoms with Crippen molar-refractivity contribution in [3.8, 4) is 0 Å². The van der Waals surface area contributed by atoms with Crippen molar-refractivity contribution in [3.05, 3.63) is 53.1 Å². The molecule has 0 saturated carbocycles. The van der Waals surface area contributed by atoms with Gasteiger partial charge in [-0.3, -0.25) is 4.99 Å². The van der Waals surface area contributed by atoms with Gasteiger partial charge in [-0.15, -0.1) is 10.2 Å². The second kappa shape index (κ2) is 9.04. The Morgan fingerprint density at radius 1 is 1.04 bits per heavy atom. The molecule has 2 aliphatic heterocycles. The highest BCUT2D eigenvalue weighted by Crippen LogP contribution is 2.20. The lowest BCUT2D eigenvalue weighted by Gasteiger charge is -2.31. The average Bonchev–Trinajstić information content (AvgIpc) is 2.96. The molecule has 0 radical (unpaired) electrons. The molecule has 4 rings (SSSR count). The van der Waals surface area contributed by atoms with Crippen LogP contribution >= 0.6 is 0 Å². The quantitative estimate of drug-likeness (QED) is 0.658. The molecule has 0 aliphatic carbocycles. The van der Waals surface area contributed by atoms with Gasteiger partial charge in [-0.2, -0.15) is 0 Å². The number of rotatable bonds is 3. The van der Waals surface area contributed by atoms with E-state index in [-0.39, 0.29) is 0 Å². The van der Waals surface area contributed by atoms with Crippen molar-refractivity contribution in [3.63, 3.8) is 0 Å². The lowest BCUT2D eigenvalue weighted by molar-refractivity contribution is 0.374. The van der Waals surface area contributed by atoms with Gasteiger partial charge >= 0.3 is 0 Å². The Balaban J connectivity index is 1.33. The third-order valence-corrected chi connectivity index (χ3v) is 5.68. The van der Waals surface area contributed by atoms with Crippen LogP contribution in [0.15, 0.2) is 40.9 Å². The highest BCUT2D eigenvalue weighted by Gasteiger charge is 2.19. The van der Waals surface area contributed by atoms with Gasteiger partial charge in [0.15, 0.2) is 11.8 Å². The summed E-state index contributed by atoms with van der Waals surface area (Å²) in [5.74, 6) is 3.13. The zero-order valence-corrected chi connectivity index (χ0v) is 16.8. The number of guanidine groups is 1. The van der Waals surface area contributed by atoms with Gasteiger partial charge in [0, 0.05) is 33.1 Å². The molecule has 1 N–H and O–H groups in total. The number of piperidine rings is 1. The van der Waals surface area contributed by atoms with Crippen molar-refractivity contribution in [2.24, 2.45) is 4.99 Å². The van der Waals surface area contributed by atoms with E-state index < -0.39 is 0 Å². The fraction of sp³-hybridized carbons (Fsp3) is 0.500. The smallest absolute Gasteiger partial charge is 0.194 e. The fourth-order valence-electron chi connectivity index (χ4n) is 4.10. The molecule has 2 aromatic rings. The first-order valence-corrected chi connectivity index (χ1v) is 10.4. The van der Waals surface area contributed by atoms with E-state index in [1.165, 1.54) is 30.4 Å². The predicted molar refractivity (Wildman–Crippen MR) is 113 cm³/mol. The predicted octanol–water partition coefficient (Wildman–Crippen LogP) is 3.26. The summed E-state index contributed by atoms with van der Waals surface area (Å²) in [5, 5.41) is 12.3. The Morgan fingerprint density at radius 2 is 1.86 bits per heavy atom. The van der Waals surface area contributed by atoms with E-state index in [9.17, 15) is 0 Å². The van der Waals surface area contributed by atoms with Gasteiger partial charge in [-0.1, -0.05) is 48.4 Å².